The number of piperazine rings is 1. The van der Waals surface area contributed by atoms with E-state index >= 15 is 0 Å². The maximum absolute atomic E-state index is 5.80. The van der Waals surface area contributed by atoms with Crippen molar-refractivity contribution in [3.05, 3.63) is 35.3 Å². The Bertz CT molecular complexity index is 565. The standard InChI is InChI=1S/C15H19N3OS2/c1-20-14-4-2-13(3-5-14)19-10-12-11-21-15(17-12)18-8-6-16-7-9-18/h2-5,11,16H,6-10H2,1H3. The summed E-state index contributed by atoms with van der Waals surface area (Å²) in [6.07, 6.45) is 2.07. The van der Waals surface area contributed by atoms with Gasteiger partial charge in [0.2, 0.25) is 0 Å². The van der Waals surface area contributed by atoms with Gasteiger partial charge in [-0.3, -0.25) is 0 Å². The molecule has 1 aromatic heterocycles. The number of hydrogen-bond acceptors (Lipinski definition) is 6. The summed E-state index contributed by atoms with van der Waals surface area (Å²) in [4.78, 5) is 8.25. The Morgan fingerprint density at radius 2 is 2.05 bits per heavy atom. The summed E-state index contributed by atoms with van der Waals surface area (Å²) in [6.45, 7) is 4.66. The smallest absolute Gasteiger partial charge is 0.185 e. The summed E-state index contributed by atoms with van der Waals surface area (Å²) in [5, 5.41) is 6.55. The molecule has 0 amide bonds. The molecule has 112 valence electrons. The molecule has 1 saturated heterocycles. The second-order valence-electron chi connectivity index (χ2n) is 4.82. The monoisotopic (exact) mass is 321 g/mol. The van der Waals surface area contributed by atoms with Crippen LogP contribution in [0.15, 0.2) is 34.5 Å². The lowest BCUT2D eigenvalue weighted by molar-refractivity contribution is 0.302. The number of nitrogens with one attached hydrogen (secondary N) is 1. The van der Waals surface area contributed by atoms with Gasteiger partial charge in [0.15, 0.2) is 5.13 Å². The molecule has 0 atom stereocenters. The molecule has 0 bridgehead atoms. The Labute approximate surface area is 133 Å². The van der Waals surface area contributed by atoms with Crippen molar-refractivity contribution in [3.63, 3.8) is 0 Å². The summed E-state index contributed by atoms with van der Waals surface area (Å²) in [6, 6.07) is 8.17. The van der Waals surface area contributed by atoms with Crippen LogP contribution in [0.4, 0.5) is 5.13 Å². The fourth-order valence-electron chi connectivity index (χ4n) is 2.19. The zero-order valence-corrected chi connectivity index (χ0v) is 13.7. The van der Waals surface area contributed by atoms with Crippen molar-refractivity contribution in [2.24, 2.45) is 0 Å². The zero-order chi connectivity index (χ0) is 14.5. The van der Waals surface area contributed by atoms with E-state index in [1.165, 1.54) is 4.90 Å². The first-order valence-electron chi connectivity index (χ1n) is 7.02. The molecule has 21 heavy (non-hydrogen) atoms. The van der Waals surface area contributed by atoms with Crippen molar-refractivity contribution >= 4 is 28.2 Å². The lowest BCUT2D eigenvalue weighted by atomic mass is 10.3. The Kier molecular flexibility index (Phi) is 5.00. The highest BCUT2D eigenvalue weighted by atomic mass is 32.2. The van der Waals surface area contributed by atoms with E-state index in [2.05, 4.69) is 39.0 Å². The number of nitrogens with zero attached hydrogens (tertiary/aromatic N) is 2. The van der Waals surface area contributed by atoms with Gasteiger partial charge in [0.05, 0.1) is 5.69 Å². The minimum absolute atomic E-state index is 0.529. The molecule has 0 spiro atoms. The Balaban J connectivity index is 1.56. The molecule has 2 aromatic rings. The maximum atomic E-state index is 5.80. The molecular weight excluding hydrogens is 302 g/mol. The molecule has 0 radical (unpaired) electrons. The fourth-order valence-corrected chi connectivity index (χ4v) is 3.47. The van der Waals surface area contributed by atoms with Gasteiger partial charge in [-0.15, -0.1) is 23.1 Å². The van der Waals surface area contributed by atoms with Crippen LogP contribution in [0.25, 0.3) is 0 Å². The van der Waals surface area contributed by atoms with Crippen LogP contribution in [0, 0.1) is 0 Å². The van der Waals surface area contributed by atoms with Crippen LogP contribution in [-0.2, 0) is 6.61 Å². The second kappa shape index (κ2) is 7.15. The Morgan fingerprint density at radius 1 is 1.29 bits per heavy atom. The first kappa shape index (κ1) is 14.7. The summed E-state index contributed by atoms with van der Waals surface area (Å²) >= 11 is 3.44. The molecule has 6 heteroatoms. The number of thiazole rings is 1. The minimum atomic E-state index is 0.529. The van der Waals surface area contributed by atoms with Gasteiger partial charge in [0, 0.05) is 36.5 Å². The van der Waals surface area contributed by atoms with Crippen LogP contribution < -0.4 is 15.0 Å². The number of hydrogen-bond donors (Lipinski definition) is 1. The predicted molar refractivity (Wildman–Crippen MR) is 89.8 cm³/mol. The van der Waals surface area contributed by atoms with E-state index in [0.29, 0.717) is 6.61 Å². The van der Waals surface area contributed by atoms with E-state index in [1.54, 1.807) is 23.1 Å². The van der Waals surface area contributed by atoms with Crippen molar-refractivity contribution in [1.29, 1.82) is 0 Å². The average Bonchev–Trinajstić information content (AvgIpc) is 3.03. The third kappa shape index (κ3) is 3.90. The lowest BCUT2D eigenvalue weighted by Gasteiger charge is -2.26. The van der Waals surface area contributed by atoms with E-state index in [1.807, 2.05) is 12.1 Å². The predicted octanol–water partition coefficient (Wildman–Crippen LogP) is 2.85. The topological polar surface area (TPSA) is 37.4 Å². The number of rotatable bonds is 5. The number of ether oxygens (including phenoxy) is 1. The van der Waals surface area contributed by atoms with Gasteiger partial charge in [0.1, 0.15) is 12.4 Å². The first-order chi connectivity index (χ1) is 10.3. The third-order valence-electron chi connectivity index (χ3n) is 3.37. The molecule has 1 fully saturated rings. The van der Waals surface area contributed by atoms with Crippen molar-refractivity contribution in [3.8, 4) is 5.75 Å². The number of aromatic nitrogens is 1. The van der Waals surface area contributed by atoms with Crippen LogP contribution >= 0.6 is 23.1 Å². The number of anilines is 1. The van der Waals surface area contributed by atoms with E-state index in [9.17, 15) is 0 Å². The summed E-state index contributed by atoms with van der Waals surface area (Å²) in [7, 11) is 0. The van der Waals surface area contributed by atoms with Gasteiger partial charge in [-0.25, -0.2) is 4.98 Å². The summed E-state index contributed by atoms with van der Waals surface area (Å²) in [5.41, 5.74) is 1.00. The highest BCUT2D eigenvalue weighted by Crippen LogP contribution is 2.23. The number of thioether (sulfide) groups is 1. The number of benzene rings is 1. The van der Waals surface area contributed by atoms with E-state index in [4.69, 9.17) is 4.74 Å². The van der Waals surface area contributed by atoms with Gasteiger partial charge in [-0.1, -0.05) is 0 Å². The molecule has 4 nitrogen and oxygen atoms in total. The zero-order valence-electron chi connectivity index (χ0n) is 12.0. The molecule has 0 aliphatic carbocycles. The van der Waals surface area contributed by atoms with Gasteiger partial charge in [-0.05, 0) is 30.5 Å². The maximum Gasteiger partial charge on any atom is 0.185 e. The normalized spacial score (nSPS) is 15.2. The second-order valence-corrected chi connectivity index (χ2v) is 6.54. The highest BCUT2D eigenvalue weighted by Gasteiger charge is 2.14. The van der Waals surface area contributed by atoms with Crippen LogP contribution in [0.2, 0.25) is 0 Å². The van der Waals surface area contributed by atoms with Crippen LogP contribution in [0.5, 0.6) is 5.75 Å². The molecule has 0 unspecified atom stereocenters. The van der Waals surface area contributed by atoms with Crippen LogP contribution in [0.1, 0.15) is 5.69 Å². The van der Waals surface area contributed by atoms with Crippen molar-refractivity contribution < 1.29 is 4.74 Å². The van der Waals surface area contributed by atoms with E-state index in [0.717, 1.165) is 42.8 Å². The lowest BCUT2D eigenvalue weighted by Crippen LogP contribution is -2.43. The molecular formula is C15H19N3OS2. The first-order valence-corrected chi connectivity index (χ1v) is 9.12. The van der Waals surface area contributed by atoms with Crippen molar-refractivity contribution in [2.45, 2.75) is 11.5 Å². The van der Waals surface area contributed by atoms with Gasteiger partial charge < -0.3 is 15.0 Å². The quantitative estimate of drug-likeness (QED) is 0.857. The molecule has 3 rings (SSSR count). The van der Waals surface area contributed by atoms with Crippen LogP contribution in [-0.4, -0.2) is 37.4 Å². The van der Waals surface area contributed by atoms with Crippen molar-refractivity contribution in [1.82, 2.24) is 10.3 Å². The van der Waals surface area contributed by atoms with E-state index in [-0.39, 0.29) is 0 Å². The largest absolute Gasteiger partial charge is 0.487 e. The average molecular weight is 321 g/mol. The Morgan fingerprint density at radius 3 is 2.76 bits per heavy atom. The van der Waals surface area contributed by atoms with Crippen LogP contribution in [0.3, 0.4) is 0 Å². The van der Waals surface area contributed by atoms with Crippen molar-refractivity contribution in [2.75, 3.05) is 37.3 Å². The molecule has 1 aliphatic rings. The Hall–Kier alpha value is -1.24. The van der Waals surface area contributed by atoms with Gasteiger partial charge in [0.25, 0.3) is 0 Å². The molecule has 1 aliphatic heterocycles. The SMILES string of the molecule is CSc1ccc(OCc2csc(N3CCNCC3)n2)cc1. The summed E-state index contributed by atoms with van der Waals surface area (Å²) < 4.78 is 5.80. The highest BCUT2D eigenvalue weighted by molar-refractivity contribution is 7.98. The minimum Gasteiger partial charge on any atom is -0.487 e. The molecule has 1 N–H and O–H groups in total. The third-order valence-corrected chi connectivity index (χ3v) is 5.07. The fraction of sp³-hybridized carbons (Fsp3) is 0.400. The molecule has 1 aromatic carbocycles. The van der Waals surface area contributed by atoms with E-state index < -0.39 is 0 Å². The molecule has 2 heterocycles. The molecule has 0 saturated carbocycles. The van der Waals surface area contributed by atoms with Gasteiger partial charge >= 0.3 is 0 Å². The van der Waals surface area contributed by atoms with Gasteiger partial charge in [-0.2, -0.15) is 0 Å². The summed E-state index contributed by atoms with van der Waals surface area (Å²) in [5.74, 6) is 0.893.